The first-order chi connectivity index (χ1) is 37.4. The number of Topliss-reactive ketones (excluding diaryl/α,β-unsaturated/α-hetero) is 1. The Bertz CT molecular complexity index is 2420. The van der Waals surface area contributed by atoms with Crippen molar-refractivity contribution in [1.82, 2.24) is 10.6 Å². The number of ketones is 1. The van der Waals surface area contributed by atoms with Gasteiger partial charge >= 0.3 is 125 Å². The van der Waals surface area contributed by atoms with Crippen molar-refractivity contribution in [1.29, 1.82) is 0 Å². The summed E-state index contributed by atoms with van der Waals surface area (Å²) in [4.78, 5) is 68.0. The number of methoxy groups -OCH3 is 2. The summed E-state index contributed by atoms with van der Waals surface area (Å²) < 4.78 is 474. The zero-order valence-electron chi connectivity index (χ0n) is 44.4. The second-order valence-corrected chi connectivity index (χ2v) is 19.0. The van der Waals surface area contributed by atoms with Crippen molar-refractivity contribution in [3.05, 3.63) is 0 Å². The van der Waals surface area contributed by atoms with E-state index in [2.05, 4.69) is 18.9 Å². The van der Waals surface area contributed by atoms with Crippen LogP contribution in [0.5, 0.6) is 0 Å². The van der Waals surface area contributed by atoms with Gasteiger partial charge < -0.3 is 52.8 Å². The lowest BCUT2D eigenvalue weighted by Gasteiger charge is -2.43. The largest absolute Gasteiger partial charge is 1.00 e. The average molecular weight is 1410 g/mol. The number of amides is 2. The molecule has 88 heavy (non-hydrogen) atoms. The highest BCUT2D eigenvalue weighted by Gasteiger charge is 2.97. The lowest BCUT2D eigenvalue weighted by atomic mass is 9.85. The number of carbonyl (C=O) groups excluding carboxylic acids is 5. The van der Waals surface area contributed by atoms with Gasteiger partial charge in [-0.05, 0) is 48.5 Å². The minimum absolute atomic E-state index is 0. The van der Waals surface area contributed by atoms with E-state index in [1.807, 2.05) is 0 Å². The summed E-state index contributed by atoms with van der Waals surface area (Å²) in [5, 5.41) is 9.39. The van der Waals surface area contributed by atoms with E-state index in [4.69, 9.17) is 10.8 Å². The molecule has 49 heteroatoms. The van der Waals surface area contributed by atoms with Crippen LogP contribution in [-0.2, 0) is 38.1 Å². The first kappa shape index (κ1) is 88.9. The van der Waals surface area contributed by atoms with Gasteiger partial charge in [-0.3, -0.25) is 14.4 Å². The van der Waals surface area contributed by atoms with Crippen LogP contribution in [0.2, 0.25) is 0 Å². The summed E-state index contributed by atoms with van der Waals surface area (Å²) in [5.41, 5.74) is 1.53. The quantitative estimate of drug-likeness (QED) is 0.0455. The van der Waals surface area contributed by atoms with E-state index in [-0.39, 0.29) is 23.7 Å². The molecule has 524 valence electrons. The third-order valence-corrected chi connectivity index (χ3v) is 9.79. The molecule has 5 N–H and O–H groups in total. The number of rotatable bonds is 22. The van der Waals surface area contributed by atoms with Crippen LogP contribution in [0.1, 0.15) is 61.8 Å². The summed E-state index contributed by atoms with van der Waals surface area (Å²) in [5.74, 6) is -128. The van der Waals surface area contributed by atoms with Gasteiger partial charge in [-0.1, -0.05) is 6.92 Å². The van der Waals surface area contributed by atoms with Crippen LogP contribution >= 0.6 is 0 Å². The highest BCUT2D eigenvalue weighted by Crippen LogP contribution is 2.66. The van der Waals surface area contributed by atoms with Crippen molar-refractivity contribution < 1.29 is 215 Å². The number of nitrogens with two attached hydrogens (primary N) is 1. The molecular formula is C39H41ClF34N3O11-. The standard InChI is InChI=1S/C20H20F17NO5.C15H12F17NO4.C4H9NO2.ClH/c1-7(10(40)42-5)6-8(39)9(38-11(41)43-12(2,3)4)13(21,22)14(23,24)15(25,26)16(27,28)17(29,30)18(31,32)19(33,34)20(35,36)37;1-7(2,3)37-6(36)33-4(5(34)35)8(16,17)9(18,19)10(20,21)11(22,23)12(24,25)13(26,27)14(28,29)15(30,31)32;1-3(5)4(6)7-2;/h7,9H,6H2,1-5H3,(H,38,41);4H,1-3H3,(H,33,36)(H,34,35);3H,5H2,1-2H3;1H/p-1/t7-,9?;;3-;/m1.0./s1. The van der Waals surface area contributed by atoms with Crippen molar-refractivity contribution in [2.75, 3.05) is 14.2 Å². The average Bonchev–Trinajstić information content (AvgIpc) is 3.29. The lowest BCUT2D eigenvalue weighted by molar-refractivity contribution is -0.462. The Balaban J connectivity index is -0.000000720. The molecule has 0 fully saturated rings. The fraction of sp³-hybridized carbons (Fsp3) is 0.846. The molecule has 4 atom stereocenters. The van der Waals surface area contributed by atoms with Crippen LogP contribution in [-0.4, -0.2) is 180 Å². The van der Waals surface area contributed by atoms with Crippen molar-refractivity contribution >= 4 is 35.9 Å². The Kier molecular flexibility index (Phi) is 27.4. The fourth-order valence-electron chi connectivity index (χ4n) is 5.14. The number of hydrogen-bond donors (Lipinski definition) is 4. The van der Waals surface area contributed by atoms with E-state index in [1.54, 1.807) is 6.92 Å². The van der Waals surface area contributed by atoms with Crippen molar-refractivity contribution in [2.24, 2.45) is 11.7 Å². The minimum atomic E-state index is -8.88. The maximum Gasteiger partial charge on any atom is 0.460 e. The molecule has 0 aliphatic carbocycles. The number of ether oxygens (including phenoxy) is 4. The van der Waals surface area contributed by atoms with Crippen LogP contribution in [0, 0.1) is 5.92 Å². The smallest absolute Gasteiger partial charge is 0.460 e. The van der Waals surface area contributed by atoms with Gasteiger partial charge in [0.25, 0.3) is 0 Å². The molecule has 0 aromatic heterocycles. The molecule has 0 radical (unpaired) electrons. The summed E-state index contributed by atoms with van der Waals surface area (Å²) in [7, 11) is 1.93. The third-order valence-electron chi connectivity index (χ3n) is 9.79. The first-order valence-corrected chi connectivity index (χ1v) is 21.5. The number of carboxylic acid groups (broad SMARTS) is 1. The van der Waals surface area contributed by atoms with Crippen LogP contribution < -0.4 is 28.8 Å². The lowest BCUT2D eigenvalue weighted by Crippen LogP contribution is -3.00. The summed E-state index contributed by atoms with van der Waals surface area (Å²) in [6, 6.07) is -9.84. The van der Waals surface area contributed by atoms with Crippen LogP contribution in [0.15, 0.2) is 0 Å². The van der Waals surface area contributed by atoms with E-state index >= 15 is 0 Å². The second-order valence-electron chi connectivity index (χ2n) is 19.0. The fourth-order valence-corrected chi connectivity index (χ4v) is 5.14. The van der Waals surface area contributed by atoms with Gasteiger partial charge in [0, 0.05) is 6.42 Å². The van der Waals surface area contributed by atoms with Gasteiger partial charge in [0.1, 0.15) is 17.2 Å². The van der Waals surface area contributed by atoms with Gasteiger partial charge in [-0.15, -0.1) is 0 Å². The monoisotopic (exact) mass is 1410 g/mol. The van der Waals surface area contributed by atoms with Crippen molar-refractivity contribution in [2.45, 2.75) is 186 Å². The molecule has 0 saturated carbocycles. The van der Waals surface area contributed by atoms with Gasteiger partial charge in [-0.25, -0.2) is 14.4 Å². The molecular weight excluding hydrogens is 1370 g/mol. The van der Waals surface area contributed by atoms with Gasteiger partial charge in [0.2, 0.25) is 6.04 Å². The number of esters is 2. The summed E-state index contributed by atoms with van der Waals surface area (Å²) >= 11 is 0. The highest BCUT2D eigenvalue weighted by molar-refractivity contribution is 5.91. The number of carboxylic acids is 1. The number of aliphatic carboxylic acids is 1. The molecule has 0 aromatic rings. The number of halogens is 35. The Morgan fingerprint density at radius 1 is 0.386 bits per heavy atom. The predicted octanol–water partition coefficient (Wildman–Crippen LogP) is 9.14. The summed E-state index contributed by atoms with van der Waals surface area (Å²) in [6.45, 7) is 7.81. The van der Waals surface area contributed by atoms with E-state index in [9.17, 15) is 178 Å². The van der Waals surface area contributed by atoms with E-state index in [1.165, 1.54) is 7.11 Å². The van der Waals surface area contributed by atoms with E-state index in [0.717, 1.165) is 41.5 Å². The summed E-state index contributed by atoms with van der Waals surface area (Å²) in [6.07, 6.45) is -22.4. The SMILES string of the molecule is CC(C)(C)OC(=O)NC(C(=O)O)C(F)(F)C(F)(F)C(F)(F)C(F)(F)C(F)(F)C(F)(F)C(F)(F)C(F)(F)F.COC(=O)[C@H](C)CC(=O)C(NC(=O)OC(C)(C)C)C(F)(F)C(F)(F)C(F)(F)C(F)(F)C(F)(F)C(F)(F)C(F)(F)C(F)(F)F.COC(=O)[C@H](C)N.[Cl-]. The maximum absolute atomic E-state index is 14.8. The van der Waals surface area contributed by atoms with Crippen molar-refractivity contribution in [3.63, 3.8) is 0 Å². The molecule has 2 unspecified atom stereocenters. The van der Waals surface area contributed by atoms with Crippen molar-refractivity contribution in [3.8, 4) is 0 Å². The maximum atomic E-state index is 14.8. The second kappa shape index (κ2) is 27.1. The molecule has 0 aliphatic rings. The minimum Gasteiger partial charge on any atom is -1.00 e. The normalized spacial score (nSPS) is 15.9. The molecule has 0 saturated heterocycles. The number of alkyl carbamates (subject to hydrolysis) is 2. The Hall–Kier alpha value is -5.51. The number of carbonyl (C=O) groups is 6. The molecule has 0 aliphatic heterocycles. The van der Waals surface area contributed by atoms with Crippen LogP contribution in [0.25, 0.3) is 0 Å². The zero-order valence-corrected chi connectivity index (χ0v) is 45.1. The predicted molar refractivity (Wildman–Crippen MR) is 212 cm³/mol. The molecule has 2 amide bonds. The Labute approximate surface area is 473 Å². The van der Waals surface area contributed by atoms with Crippen LogP contribution in [0.4, 0.5) is 159 Å². The van der Waals surface area contributed by atoms with E-state index < -0.39 is 167 Å². The van der Waals surface area contributed by atoms with Gasteiger partial charge in [0.05, 0.1) is 20.1 Å². The topological polar surface area (TPSA) is 210 Å². The molecule has 0 heterocycles. The van der Waals surface area contributed by atoms with Gasteiger partial charge in [-0.2, -0.15) is 149 Å². The van der Waals surface area contributed by atoms with Gasteiger partial charge in [0.15, 0.2) is 11.8 Å². The molecule has 0 rings (SSSR count). The Morgan fingerprint density at radius 3 is 0.795 bits per heavy atom. The third kappa shape index (κ3) is 16.7. The molecule has 0 bridgehead atoms. The molecule has 0 aromatic carbocycles. The first-order valence-electron chi connectivity index (χ1n) is 21.5. The number of hydrogen-bond acceptors (Lipinski definition) is 11. The number of nitrogens with one attached hydrogen (secondary N) is 2. The zero-order chi connectivity index (χ0) is 71.7. The van der Waals surface area contributed by atoms with Crippen LogP contribution in [0.3, 0.4) is 0 Å². The highest BCUT2D eigenvalue weighted by atomic mass is 35.5. The van der Waals surface area contributed by atoms with E-state index in [0.29, 0.717) is 19.4 Å². The molecule has 14 nitrogen and oxygen atoms in total. The Morgan fingerprint density at radius 2 is 0.602 bits per heavy atom. The molecule has 0 spiro atoms. The number of alkyl halides is 34.